The Balaban J connectivity index is 3.26. The second-order valence-corrected chi connectivity index (χ2v) is 7.44. The van der Waals surface area contributed by atoms with E-state index in [1.807, 2.05) is 20.9 Å². The van der Waals surface area contributed by atoms with E-state index in [1.54, 1.807) is 4.90 Å². The summed E-state index contributed by atoms with van der Waals surface area (Å²) in [5, 5.41) is 0. The standard InChI is InChI=1S/C20H42N2O5/c1-18(2)17-20(23)22(6)8-10-25-12-14-27-16-15-26-13-11-24-9-7-21(5)19(3)4/h18-19H,7-17H2,1-6H3. The molecule has 0 spiro atoms. The van der Waals surface area contributed by atoms with Gasteiger partial charge in [0.05, 0.1) is 52.9 Å². The number of ether oxygens (including phenoxy) is 4. The molecule has 0 aromatic rings. The molecule has 27 heavy (non-hydrogen) atoms. The van der Waals surface area contributed by atoms with Crippen LogP contribution >= 0.6 is 0 Å². The first-order valence-corrected chi connectivity index (χ1v) is 10.1. The van der Waals surface area contributed by atoms with E-state index in [9.17, 15) is 4.79 Å². The fourth-order valence-corrected chi connectivity index (χ4v) is 2.06. The molecule has 162 valence electrons. The van der Waals surface area contributed by atoms with Crippen molar-refractivity contribution < 1.29 is 23.7 Å². The van der Waals surface area contributed by atoms with E-state index < -0.39 is 0 Å². The van der Waals surface area contributed by atoms with Crippen LogP contribution in [0.4, 0.5) is 0 Å². The molecule has 0 saturated carbocycles. The van der Waals surface area contributed by atoms with E-state index in [2.05, 4.69) is 25.8 Å². The minimum atomic E-state index is 0.165. The maximum absolute atomic E-state index is 11.8. The highest BCUT2D eigenvalue weighted by atomic mass is 16.6. The van der Waals surface area contributed by atoms with E-state index in [4.69, 9.17) is 18.9 Å². The average Bonchev–Trinajstić information content (AvgIpc) is 2.60. The van der Waals surface area contributed by atoms with Crippen LogP contribution in [0.5, 0.6) is 0 Å². The molecule has 0 atom stereocenters. The van der Waals surface area contributed by atoms with Crippen LogP contribution in [0.3, 0.4) is 0 Å². The third kappa shape index (κ3) is 17.1. The van der Waals surface area contributed by atoms with Crippen LogP contribution in [-0.4, -0.2) is 102 Å². The van der Waals surface area contributed by atoms with Crippen molar-refractivity contribution in [3.8, 4) is 0 Å². The zero-order valence-electron chi connectivity index (χ0n) is 18.4. The van der Waals surface area contributed by atoms with Gasteiger partial charge in [0.1, 0.15) is 0 Å². The Morgan fingerprint density at radius 3 is 1.52 bits per heavy atom. The first-order chi connectivity index (χ1) is 12.8. The predicted octanol–water partition coefficient (Wildman–Crippen LogP) is 1.90. The van der Waals surface area contributed by atoms with Gasteiger partial charge in [-0.1, -0.05) is 13.8 Å². The Hall–Kier alpha value is -0.730. The van der Waals surface area contributed by atoms with Crippen molar-refractivity contribution in [3.63, 3.8) is 0 Å². The molecule has 0 aliphatic heterocycles. The average molecular weight is 391 g/mol. The van der Waals surface area contributed by atoms with Gasteiger partial charge in [-0.3, -0.25) is 4.79 Å². The van der Waals surface area contributed by atoms with Gasteiger partial charge in [-0.15, -0.1) is 0 Å². The summed E-state index contributed by atoms with van der Waals surface area (Å²) in [7, 11) is 3.91. The number of rotatable bonds is 18. The Morgan fingerprint density at radius 1 is 0.704 bits per heavy atom. The summed E-state index contributed by atoms with van der Waals surface area (Å²) in [5.41, 5.74) is 0. The molecule has 0 unspecified atom stereocenters. The smallest absolute Gasteiger partial charge is 0.222 e. The van der Waals surface area contributed by atoms with Gasteiger partial charge >= 0.3 is 0 Å². The molecule has 0 N–H and O–H groups in total. The monoisotopic (exact) mass is 390 g/mol. The van der Waals surface area contributed by atoms with Crippen molar-refractivity contribution in [1.82, 2.24) is 9.80 Å². The fourth-order valence-electron chi connectivity index (χ4n) is 2.06. The number of hydrogen-bond acceptors (Lipinski definition) is 6. The van der Waals surface area contributed by atoms with E-state index in [1.165, 1.54) is 0 Å². The van der Waals surface area contributed by atoms with Crippen molar-refractivity contribution in [3.05, 3.63) is 0 Å². The van der Waals surface area contributed by atoms with Crippen molar-refractivity contribution in [2.45, 2.75) is 40.2 Å². The molecule has 0 bridgehead atoms. The second-order valence-electron chi connectivity index (χ2n) is 7.44. The topological polar surface area (TPSA) is 60.5 Å². The lowest BCUT2D eigenvalue weighted by molar-refractivity contribution is -0.131. The van der Waals surface area contributed by atoms with Crippen LogP contribution in [0.2, 0.25) is 0 Å². The first kappa shape index (κ1) is 26.3. The molecule has 0 aromatic heterocycles. The lowest BCUT2D eigenvalue weighted by atomic mass is 10.1. The zero-order chi connectivity index (χ0) is 20.5. The molecule has 7 heteroatoms. The highest BCUT2D eigenvalue weighted by Crippen LogP contribution is 2.02. The number of amides is 1. The van der Waals surface area contributed by atoms with E-state index in [-0.39, 0.29) is 5.91 Å². The van der Waals surface area contributed by atoms with Crippen molar-refractivity contribution in [2.75, 3.05) is 80.0 Å². The third-order valence-corrected chi connectivity index (χ3v) is 4.17. The normalized spacial score (nSPS) is 11.7. The summed E-state index contributed by atoms with van der Waals surface area (Å²) in [6, 6.07) is 0.541. The summed E-state index contributed by atoms with van der Waals surface area (Å²) in [4.78, 5) is 15.7. The Morgan fingerprint density at radius 2 is 1.11 bits per heavy atom. The van der Waals surface area contributed by atoms with Crippen LogP contribution < -0.4 is 0 Å². The zero-order valence-corrected chi connectivity index (χ0v) is 18.4. The van der Waals surface area contributed by atoms with Crippen LogP contribution in [0.15, 0.2) is 0 Å². The van der Waals surface area contributed by atoms with Gasteiger partial charge in [0.15, 0.2) is 0 Å². The minimum Gasteiger partial charge on any atom is -0.378 e. The molecule has 0 heterocycles. The van der Waals surface area contributed by atoms with E-state index >= 15 is 0 Å². The Labute approximate surface area is 166 Å². The highest BCUT2D eigenvalue weighted by molar-refractivity contribution is 5.76. The molecule has 0 fully saturated rings. The molecule has 0 radical (unpaired) electrons. The second kappa shape index (κ2) is 17.4. The number of carbonyl (C=O) groups excluding carboxylic acids is 1. The number of nitrogens with zero attached hydrogens (tertiary/aromatic N) is 2. The lowest BCUT2D eigenvalue weighted by Gasteiger charge is -2.20. The number of carbonyl (C=O) groups is 1. The number of hydrogen-bond donors (Lipinski definition) is 0. The quantitative estimate of drug-likeness (QED) is 0.333. The summed E-state index contributed by atoms with van der Waals surface area (Å²) in [6.07, 6.45) is 0.583. The molecule has 0 aliphatic rings. The summed E-state index contributed by atoms with van der Waals surface area (Å²) < 4.78 is 21.9. The SMILES string of the molecule is CC(C)CC(=O)N(C)CCOCCOCCOCCOCCN(C)C(C)C. The van der Waals surface area contributed by atoms with E-state index in [0.29, 0.717) is 71.2 Å². The van der Waals surface area contributed by atoms with Gasteiger partial charge in [0, 0.05) is 32.6 Å². The van der Waals surface area contributed by atoms with Crippen molar-refractivity contribution in [2.24, 2.45) is 5.92 Å². The van der Waals surface area contributed by atoms with Gasteiger partial charge in [0.25, 0.3) is 0 Å². The highest BCUT2D eigenvalue weighted by Gasteiger charge is 2.09. The van der Waals surface area contributed by atoms with Gasteiger partial charge in [-0.25, -0.2) is 0 Å². The van der Waals surface area contributed by atoms with Crippen LogP contribution in [-0.2, 0) is 23.7 Å². The molecule has 0 saturated heterocycles. The molecule has 7 nitrogen and oxygen atoms in total. The molecule has 0 aliphatic carbocycles. The van der Waals surface area contributed by atoms with Crippen LogP contribution in [0.25, 0.3) is 0 Å². The Kier molecular flexibility index (Phi) is 16.9. The predicted molar refractivity (Wildman–Crippen MR) is 108 cm³/mol. The third-order valence-electron chi connectivity index (χ3n) is 4.17. The maximum atomic E-state index is 11.8. The van der Waals surface area contributed by atoms with Crippen molar-refractivity contribution in [1.29, 1.82) is 0 Å². The molecular weight excluding hydrogens is 348 g/mol. The summed E-state index contributed by atoms with van der Waals surface area (Å²) in [6.45, 7) is 14.6. The van der Waals surface area contributed by atoms with Crippen LogP contribution in [0, 0.1) is 5.92 Å². The maximum Gasteiger partial charge on any atom is 0.222 e. The lowest BCUT2D eigenvalue weighted by Crippen LogP contribution is -2.31. The van der Waals surface area contributed by atoms with E-state index in [0.717, 1.165) is 13.2 Å². The summed E-state index contributed by atoms with van der Waals surface area (Å²) >= 11 is 0. The summed E-state index contributed by atoms with van der Waals surface area (Å²) in [5.74, 6) is 0.549. The van der Waals surface area contributed by atoms with Gasteiger partial charge in [-0.05, 0) is 26.8 Å². The Bertz CT molecular complexity index is 353. The molecule has 1 amide bonds. The van der Waals surface area contributed by atoms with Crippen molar-refractivity contribution >= 4 is 5.91 Å². The first-order valence-electron chi connectivity index (χ1n) is 10.1. The largest absolute Gasteiger partial charge is 0.378 e. The van der Waals surface area contributed by atoms with Gasteiger partial charge < -0.3 is 28.7 Å². The van der Waals surface area contributed by atoms with Gasteiger partial charge in [-0.2, -0.15) is 0 Å². The molecular formula is C20H42N2O5. The molecule has 0 aromatic carbocycles. The fraction of sp³-hybridized carbons (Fsp3) is 0.950. The van der Waals surface area contributed by atoms with Crippen LogP contribution in [0.1, 0.15) is 34.1 Å². The number of likely N-dealkylation sites (N-methyl/N-ethyl adjacent to an activating group) is 2. The van der Waals surface area contributed by atoms with Gasteiger partial charge in [0.2, 0.25) is 5.91 Å². The minimum absolute atomic E-state index is 0.165. The molecule has 0 rings (SSSR count).